The van der Waals surface area contributed by atoms with Crippen molar-refractivity contribution in [1.29, 1.82) is 0 Å². The molecule has 0 spiro atoms. The zero-order valence-electron chi connectivity index (χ0n) is 12.6. The molecule has 4 heterocycles. The third-order valence-electron chi connectivity index (χ3n) is 6.06. The average molecular weight is 352 g/mol. The van der Waals surface area contributed by atoms with Crippen molar-refractivity contribution in [1.82, 2.24) is 5.01 Å². The van der Waals surface area contributed by atoms with Gasteiger partial charge >= 0.3 is 33.0 Å². The van der Waals surface area contributed by atoms with E-state index < -0.39 is 7.81 Å². The Bertz CT molecular complexity index is 412. The molecule has 2 nitrogen and oxygen atoms in total. The van der Waals surface area contributed by atoms with Crippen LogP contribution >= 0.6 is 7.81 Å². The topological polar surface area (TPSA) is 3.24 Å². The molecular weight excluding hydrogens is 329 g/mol. The van der Waals surface area contributed by atoms with E-state index in [0.717, 1.165) is 24.2 Å². The summed E-state index contributed by atoms with van der Waals surface area (Å²) in [5.41, 5.74) is 0. The van der Waals surface area contributed by atoms with Crippen molar-refractivity contribution in [2.24, 2.45) is 0 Å². The molecule has 22 heavy (non-hydrogen) atoms. The molecule has 0 radical (unpaired) electrons. The van der Waals surface area contributed by atoms with E-state index in [1.807, 2.05) is 0 Å². The Labute approximate surface area is 126 Å². The summed E-state index contributed by atoms with van der Waals surface area (Å²) < 4.78 is 60.6. The van der Waals surface area contributed by atoms with Gasteiger partial charge < -0.3 is 0 Å². The maximum atomic E-state index is 9.87. The zero-order valence-corrected chi connectivity index (χ0v) is 13.5. The van der Waals surface area contributed by atoms with Crippen molar-refractivity contribution in [3.05, 3.63) is 0 Å². The van der Waals surface area contributed by atoms with Gasteiger partial charge in [-0.15, -0.1) is 5.01 Å². The molecule has 6 aliphatic rings. The molecule has 2 saturated carbocycles. The Hall–Kier alpha value is -0.0700. The molecule has 0 aromatic heterocycles. The summed E-state index contributed by atoms with van der Waals surface area (Å²) in [6, 6.07) is 3.88. The summed E-state index contributed by atoms with van der Waals surface area (Å²) >= 11 is 0. The van der Waals surface area contributed by atoms with Gasteiger partial charge in [0, 0.05) is 25.7 Å². The second kappa shape index (κ2) is 4.31. The molecule has 0 N–H and O–H groups in total. The van der Waals surface area contributed by atoms with Gasteiger partial charge in [-0.05, 0) is 25.7 Å². The van der Waals surface area contributed by atoms with Gasteiger partial charge in [-0.25, -0.2) is 4.59 Å². The molecule has 0 atom stereocenters. The summed E-state index contributed by atoms with van der Waals surface area (Å²) in [5.74, 6) is 0. The molecule has 9 heteroatoms. The van der Waals surface area contributed by atoms with Crippen LogP contribution in [0.5, 0.6) is 0 Å². The summed E-state index contributed by atoms with van der Waals surface area (Å²) in [4.78, 5) is 0. The van der Waals surface area contributed by atoms with E-state index in [-0.39, 0.29) is 0 Å². The predicted octanol–water partition coefficient (Wildman–Crippen LogP) is 5.68. The molecular formula is C13H23F6N2P. The van der Waals surface area contributed by atoms with E-state index in [0.29, 0.717) is 0 Å². The molecule has 4 bridgehead atoms. The van der Waals surface area contributed by atoms with Gasteiger partial charge in [0.1, 0.15) is 12.1 Å². The van der Waals surface area contributed by atoms with Gasteiger partial charge in [-0.2, -0.15) is 0 Å². The van der Waals surface area contributed by atoms with Crippen LogP contribution in [0.2, 0.25) is 0 Å². The Morgan fingerprint density at radius 3 is 1.18 bits per heavy atom. The van der Waals surface area contributed by atoms with E-state index in [4.69, 9.17) is 0 Å². The Kier molecular flexibility index (Phi) is 3.28. The quantitative estimate of drug-likeness (QED) is 0.308. The van der Waals surface area contributed by atoms with Crippen molar-refractivity contribution in [2.75, 3.05) is 7.05 Å². The van der Waals surface area contributed by atoms with Crippen LogP contribution in [0.1, 0.15) is 51.4 Å². The van der Waals surface area contributed by atoms with Gasteiger partial charge in [0.2, 0.25) is 0 Å². The fourth-order valence-corrected chi connectivity index (χ4v) is 5.37. The number of hydrogen-bond acceptors (Lipinski definition) is 1. The maximum absolute atomic E-state index is 10.7. The van der Waals surface area contributed by atoms with Crippen LogP contribution < -0.4 is 0 Å². The molecule has 2 aliphatic carbocycles. The SMILES string of the molecule is C[N+]12C3CCC(CC3)N1C1CCC2CC1.F[P-](F)(F)(F)(F)F. The molecule has 0 aromatic carbocycles. The standard InChI is InChI=1S/C13H23N2.F6P/c1-15-12-6-2-10(3-7-12)14(15)11-4-8-13(15)9-5-11;1-7(2,3,4,5)6/h10-13H,2-9H2,1H3;/q+1;-1. The Balaban J connectivity index is 0.000000178. The summed E-state index contributed by atoms with van der Waals surface area (Å²) in [6.07, 6.45) is 12.1. The van der Waals surface area contributed by atoms with E-state index >= 15 is 0 Å². The number of nitrogens with zero attached hydrogens (tertiary/aromatic N) is 2. The number of fused-ring (bicyclic) bond motifs is 4. The minimum absolute atomic E-state index is 0.952. The van der Waals surface area contributed by atoms with Gasteiger partial charge in [0.25, 0.3) is 0 Å². The molecule has 0 amide bonds. The Morgan fingerprint density at radius 1 is 0.682 bits per heavy atom. The molecule has 132 valence electrons. The van der Waals surface area contributed by atoms with Gasteiger partial charge in [0.05, 0.1) is 19.1 Å². The third kappa shape index (κ3) is 3.39. The van der Waals surface area contributed by atoms with Crippen molar-refractivity contribution < 1.29 is 29.8 Å². The predicted molar refractivity (Wildman–Crippen MR) is 73.7 cm³/mol. The van der Waals surface area contributed by atoms with E-state index in [1.54, 1.807) is 0 Å². The zero-order chi connectivity index (χ0) is 16.5. The third-order valence-corrected chi connectivity index (χ3v) is 6.06. The fourth-order valence-electron chi connectivity index (χ4n) is 5.37. The van der Waals surface area contributed by atoms with Crippen LogP contribution in [-0.4, -0.2) is 40.8 Å². The van der Waals surface area contributed by atoms with Crippen LogP contribution in [0.3, 0.4) is 0 Å². The first-order valence-electron chi connectivity index (χ1n) is 7.96. The van der Waals surface area contributed by atoms with Gasteiger partial charge in [0.15, 0.2) is 0 Å². The van der Waals surface area contributed by atoms with Crippen LogP contribution in [0.4, 0.5) is 25.2 Å². The summed E-state index contributed by atoms with van der Waals surface area (Å²) in [7, 11) is -8.10. The van der Waals surface area contributed by atoms with Crippen molar-refractivity contribution in [2.45, 2.75) is 75.5 Å². The normalized spacial score (nSPS) is 49.5. The second-order valence-corrected chi connectivity index (χ2v) is 9.28. The molecule has 4 saturated heterocycles. The first kappa shape index (κ1) is 16.8. The first-order valence-corrected chi connectivity index (χ1v) is 9.99. The fraction of sp³-hybridized carbons (Fsp3) is 1.00. The molecule has 0 unspecified atom stereocenters. The minimum atomic E-state index is -10.7. The van der Waals surface area contributed by atoms with Gasteiger partial charge in [-0.1, -0.05) is 0 Å². The van der Waals surface area contributed by atoms with Crippen LogP contribution in [0.15, 0.2) is 0 Å². The first-order chi connectivity index (χ1) is 9.75. The monoisotopic (exact) mass is 352 g/mol. The number of quaternary nitrogens is 1. The summed E-state index contributed by atoms with van der Waals surface area (Å²) in [5, 5.41) is 2.95. The van der Waals surface area contributed by atoms with Crippen molar-refractivity contribution in [3.63, 3.8) is 0 Å². The van der Waals surface area contributed by atoms with E-state index in [1.165, 1.54) is 56.0 Å². The summed E-state index contributed by atoms with van der Waals surface area (Å²) in [6.45, 7) is 0. The average Bonchev–Trinajstić information content (AvgIpc) is 2.37. The van der Waals surface area contributed by atoms with Crippen molar-refractivity contribution in [3.8, 4) is 0 Å². The van der Waals surface area contributed by atoms with Crippen molar-refractivity contribution >= 4 is 7.81 Å². The number of hydrogen-bond donors (Lipinski definition) is 0. The molecule has 6 rings (SSSR count). The second-order valence-electron chi connectivity index (χ2n) is 7.36. The van der Waals surface area contributed by atoms with Crippen LogP contribution in [-0.2, 0) is 0 Å². The number of rotatable bonds is 0. The number of halogens is 6. The Morgan fingerprint density at radius 2 is 0.955 bits per heavy atom. The van der Waals surface area contributed by atoms with E-state index in [2.05, 4.69) is 12.1 Å². The van der Waals surface area contributed by atoms with Crippen LogP contribution in [0, 0.1) is 0 Å². The molecule has 4 aliphatic heterocycles. The van der Waals surface area contributed by atoms with Gasteiger partial charge in [-0.3, -0.25) is 0 Å². The molecule has 6 fully saturated rings. The van der Waals surface area contributed by atoms with E-state index in [9.17, 15) is 25.2 Å². The van der Waals surface area contributed by atoms with Crippen LogP contribution in [0.25, 0.3) is 0 Å². The molecule has 0 aromatic rings.